The second kappa shape index (κ2) is 11.4. The van der Waals surface area contributed by atoms with Gasteiger partial charge in [0.15, 0.2) is 17.5 Å². The topological polar surface area (TPSA) is 129 Å². The monoisotopic (exact) mass is 530 g/mol. The highest BCUT2D eigenvalue weighted by atomic mass is 79.9. The van der Waals surface area contributed by atoms with Crippen molar-refractivity contribution in [3.05, 3.63) is 101 Å². The van der Waals surface area contributed by atoms with E-state index in [-0.39, 0.29) is 12.4 Å². The lowest BCUT2D eigenvalue weighted by molar-refractivity contribution is -0.134. The summed E-state index contributed by atoms with van der Waals surface area (Å²) in [6, 6.07) is 27.2. The van der Waals surface area contributed by atoms with Crippen LogP contribution >= 0.6 is 15.9 Å². The van der Waals surface area contributed by atoms with Gasteiger partial charge in [0, 0.05) is 16.1 Å². The van der Waals surface area contributed by atoms with Crippen molar-refractivity contribution in [3.8, 4) is 17.0 Å². The van der Waals surface area contributed by atoms with Crippen molar-refractivity contribution in [1.82, 2.24) is 10.2 Å². The Hall–Kier alpha value is -4.08. The van der Waals surface area contributed by atoms with E-state index in [0.29, 0.717) is 17.3 Å². The minimum atomic E-state index is -0.496. The number of benzene rings is 3. The van der Waals surface area contributed by atoms with Crippen molar-refractivity contribution in [1.29, 1.82) is 0 Å². The molecule has 0 spiro atoms. The number of para-hydroxylation sites is 2. The molecule has 35 heavy (non-hydrogen) atoms. The summed E-state index contributed by atoms with van der Waals surface area (Å²) in [4.78, 5) is 16.8. The summed E-state index contributed by atoms with van der Waals surface area (Å²) in [5, 5.41) is 11.3. The number of hydrogen-bond donors (Lipinski definition) is 3. The molecule has 5 N–H and O–H groups in total. The third-order valence-corrected chi connectivity index (χ3v) is 5.49. The molecule has 1 aromatic heterocycles. The van der Waals surface area contributed by atoms with Gasteiger partial charge in [-0.15, -0.1) is 10.2 Å². The van der Waals surface area contributed by atoms with Gasteiger partial charge in [-0.2, -0.15) is 4.99 Å². The quantitative estimate of drug-likeness (QED) is 0.133. The Morgan fingerprint density at radius 3 is 2.49 bits per heavy atom. The normalized spacial score (nSPS) is 12.1. The Bertz CT molecular complexity index is 1330. The zero-order valence-corrected chi connectivity index (χ0v) is 20.2. The number of aliphatic imine (C=N–C) groups is 1. The fraction of sp³-hybridized carbons (Fsp3) is 0.0769. The van der Waals surface area contributed by atoms with E-state index in [2.05, 4.69) is 36.4 Å². The van der Waals surface area contributed by atoms with E-state index in [1.54, 1.807) is 30.3 Å². The lowest BCUT2D eigenvalue weighted by atomic mass is 10.1. The van der Waals surface area contributed by atoms with Gasteiger partial charge in [0.1, 0.15) is 0 Å². The predicted octanol–water partition coefficient (Wildman–Crippen LogP) is 4.96. The van der Waals surface area contributed by atoms with E-state index in [1.807, 2.05) is 60.7 Å². The molecule has 4 aromatic rings. The minimum absolute atomic E-state index is 0.0116. The first-order chi connectivity index (χ1) is 17.0. The van der Waals surface area contributed by atoms with Crippen LogP contribution in [0.1, 0.15) is 18.0 Å². The standard InChI is InChI=1S/C26H23BrN6O2/c27-19-10-6-9-18(15-19)20(28)16-25(34)35-23-12-5-4-11-22(23)30-26(29)31-24-14-13-21(32-33-24)17-7-2-1-3-8-17/h1-15,20H,16,28H2,(H3,29,30,31,33). The fourth-order valence-electron chi connectivity index (χ4n) is 3.29. The van der Waals surface area contributed by atoms with E-state index in [0.717, 1.165) is 21.3 Å². The van der Waals surface area contributed by atoms with Crippen LogP contribution < -0.4 is 21.5 Å². The predicted molar refractivity (Wildman–Crippen MR) is 140 cm³/mol. The van der Waals surface area contributed by atoms with Crippen LogP contribution in [0.2, 0.25) is 0 Å². The number of nitrogens with one attached hydrogen (secondary N) is 1. The zero-order chi connectivity index (χ0) is 24.6. The molecule has 1 atom stereocenters. The summed E-state index contributed by atoms with van der Waals surface area (Å²) >= 11 is 3.41. The first-order valence-corrected chi connectivity index (χ1v) is 11.6. The molecule has 0 radical (unpaired) electrons. The third-order valence-electron chi connectivity index (χ3n) is 4.99. The first-order valence-electron chi connectivity index (χ1n) is 10.8. The number of aromatic nitrogens is 2. The summed E-state index contributed by atoms with van der Waals surface area (Å²) in [6.07, 6.45) is 0.0116. The number of nitrogens with two attached hydrogens (primary N) is 2. The molecule has 9 heteroatoms. The Kier molecular flexibility index (Phi) is 7.81. The smallest absolute Gasteiger partial charge is 0.313 e. The number of ether oxygens (including phenoxy) is 1. The molecule has 0 saturated heterocycles. The molecule has 176 valence electrons. The van der Waals surface area contributed by atoms with Crippen LogP contribution in [0.5, 0.6) is 5.75 Å². The Morgan fingerprint density at radius 2 is 1.74 bits per heavy atom. The van der Waals surface area contributed by atoms with Crippen LogP contribution in [-0.2, 0) is 4.79 Å². The maximum Gasteiger partial charge on any atom is 0.313 e. The number of hydrogen-bond acceptors (Lipinski definition) is 6. The number of guanidine groups is 1. The number of rotatable bonds is 7. The molecule has 0 saturated carbocycles. The molecular formula is C26H23BrN6O2. The summed E-state index contributed by atoms with van der Waals surface area (Å²) in [7, 11) is 0. The van der Waals surface area contributed by atoms with Gasteiger partial charge >= 0.3 is 5.97 Å². The average molecular weight is 531 g/mol. The van der Waals surface area contributed by atoms with Gasteiger partial charge in [0.2, 0.25) is 0 Å². The highest BCUT2D eigenvalue weighted by Gasteiger charge is 2.16. The van der Waals surface area contributed by atoms with Crippen LogP contribution in [-0.4, -0.2) is 22.1 Å². The first kappa shape index (κ1) is 24.1. The summed E-state index contributed by atoms with van der Waals surface area (Å²) in [5.74, 6) is 0.248. The maximum absolute atomic E-state index is 12.5. The van der Waals surface area contributed by atoms with Gasteiger partial charge in [-0.1, -0.05) is 70.5 Å². The molecule has 0 amide bonds. The fourth-order valence-corrected chi connectivity index (χ4v) is 3.71. The molecule has 0 aliphatic heterocycles. The molecule has 0 aliphatic rings. The lowest BCUT2D eigenvalue weighted by Gasteiger charge is -2.14. The summed E-state index contributed by atoms with van der Waals surface area (Å²) < 4.78 is 6.44. The highest BCUT2D eigenvalue weighted by Crippen LogP contribution is 2.26. The van der Waals surface area contributed by atoms with Gasteiger partial charge in [0.05, 0.1) is 17.8 Å². The molecule has 1 heterocycles. The van der Waals surface area contributed by atoms with Crippen molar-refractivity contribution >= 4 is 39.4 Å². The SMILES string of the molecule is NC(=Nc1ccc(-c2ccccc2)nn1)Nc1ccccc1OC(=O)CC(N)c1cccc(Br)c1. The number of anilines is 1. The van der Waals surface area contributed by atoms with Crippen molar-refractivity contribution in [3.63, 3.8) is 0 Å². The molecule has 4 rings (SSSR count). The van der Waals surface area contributed by atoms with Gasteiger partial charge in [-0.05, 0) is 42.0 Å². The molecule has 0 bridgehead atoms. The van der Waals surface area contributed by atoms with Crippen molar-refractivity contribution in [2.75, 3.05) is 5.32 Å². The Labute approximate surface area is 211 Å². The third kappa shape index (κ3) is 6.72. The molecule has 0 fully saturated rings. The van der Waals surface area contributed by atoms with Gasteiger partial charge in [-0.3, -0.25) is 4.79 Å². The summed E-state index contributed by atoms with van der Waals surface area (Å²) in [5.41, 5.74) is 15.2. The van der Waals surface area contributed by atoms with Crippen molar-refractivity contribution in [2.45, 2.75) is 12.5 Å². The molecule has 8 nitrogen and oxygen atoms in total. The molecular weight excluding hydrogens is 508 g/mol. The van der Waals surface area contributed by atoms with E-state index in [9.17, 15) is 4.79 Å². The average Bonchev–Trinajstić information content (AvgIpc) is 2.86. The van der Waals surface area contributed by atoms with Crippen LogP contribution in [0, 0.1) is 0 Å². The van der Waals surface area contributed by atoms with Gasteiger partial charge in [-0.25, -0.2) is 0 Å². The van der Waals surface area contributed by atoms with E-state index in [1.165, 1.54) is 0 Å². The van der Waals surface area contributed by atoms with Gasteiger partial charge < -0.3 is 21.5 Å². The Balaban J connectivity index is 1.41. The second-order valence-corrected chi connectivity index (χ2v) is 8.52. The number of carbonyl (C=O) groups is 1. The van der Waals surface area contributed by atoms with E-state index < -0.39 is 12.0 Å². The molecule has 3 aromatic carbocycles. The van der Waals surface area contributed by atoms with Crippen LogP contribution in [0.4, 0.5) is 11.5 Å². The van der Waals surface area contributed by atoms with Crippen LogP contribution in [0.3, 0.4) is 0 Å². The van der Waals surface area contributed by atoms with Gasteiger partial charge in [0.25, 0.3) is 0 Å². The zero-order valence-electron chi connectivity index (χ0n) is 18.6. The second-order valence-electron chi connectivity index (χ2n) is 7.60. The molecule has 1 unspecified atom stereocenters. The number of halogens is 1. The van der Waals surface area contributed by atoms with Crippen LogP contribution in [0.25, 0.3) is 11.3 Å². The Morgan fingerprint density at radius 1 is 0.971 bits per heavy atom. The molecule has 0 aliphatic carbocycles. The van der Waals surface area contributed by atoms with Crippen molar-refractivity contribution < 1.29 is 9.53 Å². The van der Waals surface area contributed by atoms with E-state index >= 15 is 0 Å². The largest absolute Gasteiger partial charge is 0.424 e. The summed E-state index contributed by atoms with van der Waals surface area (Å²) in [6.45, 7) is 0. The highest BCUT2D eigenvalue weighted by molar-refractivity contribution is 9.10. The van der Waals surface area contributed by atoms with Crippen LogP contribution in [0.15, 0.2) is 100 Å². The maximum atomic E-state index is 12.5. The van der Waals surface area contributed by atoms with Crippen molar-refractivity contribution in [2.24, 2.45) is 16.5 Å². The number of carbonyl (C=O) groups excluding carboxylic acids is 1. The minimum Gasteiger partial charge on any atom is -0.424 e. The van der Waals surface area contributed by atoms with E-state index in [4.69, 9.17) is 16.2 Å². The lowest BCUT2D eigenvalue weighted by Crippen LogP contribution is -2.23. The number of nitrogens with zero attached hydrogens (tertiary/aromatic N) is 3. The number of esters is 1.